The molecule has 0 aromatic carbocycles. The van der Waals surface area contributed by atoms with Gasteiger partial charge in [-0.3, -0.25) is 9.59 Å². The van der Waals surface area contributed by atoms with Crippen molar-refractivity contribution >= 4 is 11.8 Å². The summed E-state index contributed by atoms with van der Waals surface area (Å²) in [6.45, 7) is 8.32. The van der Waals surface area contributed by atoms with E-state index >= 15 is 0 Å². The molecule has 0 saturated heterocycles. The number of carbonyl (C=O) groups is 2. The summed E-state index contributed by atoms with van der Waals surface area (Å²) in [5.74, 6) is -1.13. The SMILES string of the molecule is C=CC[C@@H](CC(=O)N[C@H](C)CO)C(=O)NC(C)(C)CO. The minimum atomic E-state index is -0.731. The van der Waals surface area contributed by atoms with Crippen molar-refractivity contribution in [3.8, 4) is 0 Å². The maximum absolute atomic E-state index is 12.1. The third-order valence-corrected chi connectivity index (χ3v) is 2.79. The van der Waals surface area contributed by atoms with Crippen LogP contribution in [0.2, 0.25) is 0 Å². The van der Waals surface area contributed by atoms with Crippen molar-refractivity contribution in [1.29, 1.82) is 0 Å². The van der Waals surface area contributed by atoms with Gasteiger partial charge >= 0.3 is 0 Å². The van der Waals surface area contributed by atoms with E-state index in [0.717, 1.165) is 0 Å². The first-order valence-corrected chi connectivity index (χ1v) is 6.69. The number of allylic oxidation sites excluding steroid dienone is 1. The van der Waals surface area contributed by atoms with Crippen LogP contribution in [0.15, 0.2) is 12.7 Å². The maximum atomic E-state index is 12.1. The predicted octanol–water partition coefficient (Wildman–Crippen LogP) is -0.0471. The largest absolute Gasteiger partial charge is 0.394 e. The lowest BCUT2D eigenvalue weighted by atomic mass is 9.97. The van der Waals surface area contributed by atoms with Crippen LogP contribution in [0.4, 0.5) is 0 Å². The molecule has 6 nitrogen and oxygen atoms in total. The molecule has 0 aliphatic heterocycles. The van der Waals surface area contributed by atoms with E-state index < -0.39 is 11.5 Å². The van der Waals surface area contributed by atoms with Gasteiger partial charge in [-0.25, -0.2) is 0 Å². The Balaban J connectivity index is 4.59. The summed E-state index contributed by atoms with van der Waals surface area (Å²) in [5, 5.41) is 23.3. The molecule has 0 aliphatic rings. The van der Waals surface area contributed by atoms with Crippen molar-refractivity contribution < 1.29 is 19.8 Å². The lowest BCUT2D eigenvalue weighted by Gasteiger charge is -2.26. The van der Waals surface area contributed by atoms with Gasteiger partial charge in [0.25, 0.3) is 0 Å². The van der Waals surface area contributed by atoms with E-state index in [4.69, 9.17) is 10.2 Å². The van der Waals surface area contributed by atoms with Crippen LogP contribution in [-0.4, -0.2) is 46.8 Å². The fraction of sp³-hybridized carbons (Fsp3) is 0.714. The lowest BCUT2D eigenvalue weighted by molar-refractivity contribution is -0.132. The molecule has 0 spiro atoms. The minimum Gasteiger partial charge on any atom is -0.394 e. The third-order valence-electron chi connectivity index (χ3n) is 2.79. The van der Waals surface area contributed by atoms with Crippen LogP contribution in [0.3, 0.4) is 0 Å². The molecule has 2 amide bonds. The second kappa shape index (κ2) is 8.71. The molecule has 2 atom stereocenters. The zero-order valence-electron chi connectivity index (χ0n) is 12.5. The molecule has 6 heteroatoms. The number of rotatable bonds is 9. The summed E-state index contributed by atoms with van der Waals surface area (Å²) in [6.07, 6.45) is 1.97. The number of amides is 2. The van der Waals surface area contributed by atoms with Crippen LogP contribution in [-0.2, 0) is 9.59 Å². The van der Waals surface area contributed by atoms with Gasteiger partial charge in [0.1, 0.15) is 0 Å². The lowest BCUT2D eigenvalue weighted by Crippen LogP contribution is -2.49. The first kappa shape index (κ1) is 18.6. The number of aliphatic hydroxyl groups is 2. The Hall–Kier alpha value is -1.40. The van der Waals surface area contributed by atoms with Gasteiger partial charge in [0.15, 0.2) is 0 Å². The van der Waals surface area contributed by atoms with Crippen molar-refractivity contribution in [3.05, 3.63) is 12.7 Å². The van der Waals surface area contributed by atoms with E-state index in [1.807, 2.05) is 0 Å². The number of hydrogen-bond donors (Lipinski definition) is 4. The van der Waals surface area contributed by atoms with Crippen LogP contribution >= 0.6 is 0 Å². The molecule has 0 aromatic heterocycles. The third kappa shape index (κ3) is 7.25. The van der Waals surface area contributed by atoms with Gasteiger partial charge in [-0.15, -0.1) is 6.58 Å². The van der Waals surface area contributed by atoms with E-state index in [-0.39, 0.29) is 37.5 Å². The molecule has 0 radical (unpaired) electrons. The molecule has 0 heterocycles. The summed E-state index contributed by atoms with van der Waals surface area (Å²) in [4.78, 5) is 23.9. The van der Waals surface area contributed by atoms with Crippen molar-refractivity contribution in [2.45, 2.75) is 45.2 Å². The van der Waals surface area contributed by atoms with Crippen molar-refractivity contribution in [2.24, 2.45) is 5.92 Å². The van der Waals surface area contributed by atoms with Crippen molar-refractivity contribution in [3.63, 3.8) is 0 Å². The average Bonchev–Trinajstić information content (AvgIpc) is 2.37. The predicted molar refractivity (Wildman–Crippen MR) is 76.9 cm³/mol. The Bertz CT molecular complexity index is 342. The van der Waals surface area contributed by atoms with Crippen molar-refractivity contribution in [1.82, 2.24) is 10.6 Å². The van der Waals surface area contributed by atoms with Crippen LogP contribution in [0, 0.1) is 5.92 Å². The Morgan fingerprint density at radius 3 is 2.40 bits per heavy atom. The summed E-state index contributed by atoms with van der Waals surface area (Å²) in [7, 11) is 0. The van der Waals surface area contributed by atoms with Crippen LogP contribution in [0.25, 0.3) is 0 Å². The Kier molecular flexibility index (Phi) is 8.10. The molecule has 0 rings (SSSR count). The molecule has 0 aromatic rings. The Labute approximate surface area is 120 Å². The average molecular weight is 286 g/mol. The molecular formula is C14H26N2O4. The topological polar surface area (TPSA) is 98.7 Å². The monoisotopic (exact) mass is 286 g/mol. The van der Waals surface area contributed by atoms with Gasteiger partial charge < -0.3 is 20.8 Å². The first-order chi connectivity index (χ1) is 9.25. The molecule has 0 fully saturated rings. The number of nitrogens with one attached hydrogen (secondary N) is 2. The molecule has 0 aliphatic carbocycles. The fourth-order valence-electron chi connectivity index (χ4n) is 1.56. The molecule has 0 saturated carbocycles. The number of carbonyl (C=O) groups excluding carboxylic acids is 2. The van der Waals surface area contributed by atoms with E-state index in [1.165, 1.54) is 0 Å². The van der Waals surface area contributed by atoms with Crippen molar-refractivity contribution in [2.75, 3.05) is 13.2 Å². The van der Waals surface area contributed by atoms with Crippen LogP contribution in [0.1, 0.15) is 33.6 Å². The Morgan fingerprint density at radius 2 is 1.95 bits per heavy atom. The first-order valence-electron chi connectivity index (χ1n) is 6.69. The molecule has 20 heavy (non-hydrogen) atoms. The van der Waals surface area contributed by atoms with E-state index in [1.54, 1.807) is 26.8 Å². The van der Waals surface area contributed by atoms with Gasteiger partial charge in [-0.2, -0.15) is 0 Å². The van der Waals surface area contributed by atoms with Gasteiger partial charge in [0, 0.05) is 12.5 Å². The number of aliphatic hydroxyl groups excluding tert-OH is 2. The molecule has 4 N–H and O–H groups in total. The second-order valence-electron chi connectivity index (χ2n) is 5.61. The van der Waals surface area contributed by atoms with Crippen LogP contribution in [0.5, 0.6) is 0 Å². The number of hydrogen-bond acceptors (Lipinski definition) is 4. The van der Waals surface area contributed by atoms with E-state index in [0.29, 0.717) is 6.42 Å². The summed E-state index contributed by atoms with van der Waals surface area (Å²) in [6, 6.07) is -0.344. The van der Waals surface area contributed by atoms with Gasteiger partial charge in [-0.1, -0.05) is 6.08 Å². The highest BCUT2D eigenvalue weighted by molar-refractivity contribution is 5.86. The van der Waals surface area contributed by atoms with Crippen LogP contribution < -0.4 is 10.6 Å². The smallest absolute Gasteiger partial charge is 0.224 e. The summed E-state index contributed by atoms with van der Waals surface area (Å²) >= 11 is 0. The highest BCUT2D eigenvalue weighted by Gasteiger charge is 2.26. The standard InChI is InChI=1S/C14H26N2O4/c1-5-6-11(7-12(19)15-10(2)8-17)13(20)16-14(3,4)9-18/h5,10-11,17-18H,1,6-9H2,2-4H3,(H,15,19)(H,16,20)/t10-,11+/m1/s1. The Morgan fingerprint density at radius 1 is 1.35 bits per heavy atom. The van der Waals surface area contributed by atoms with Gasteiger partial charge in [0.05, 0.1) is 24.7 Å². The van der Waals surface area contributed by atoms with Gasteiger partial charge in [-0.05, 0) is 27.2 Å². The summed E-state index contributed by atoms with van der Waals surface area (Å²) < 4.78 is 0. The quantitative estimate of drug-likeness (QED) is 0.447. The molecule has 116 valence electrons. The zero-order chi connectivity index (χ0) is 15.8. The maximum Gasteiger partial charge on any atom is 0.224 e. The highest BCUT2D eigenvalue weighted by Crippen LogP contribution is 2.12. The molecule has 0 bridgehead atoms. The fourth-order valence-corrected chi connectivity index (χ4v) is 1.56. The molecule has 0 unspecified atom stereocenters. The minimum absolute atomic E-state index is 0.0176. The highest BCUT2D eigenvalue weighted by atomic mass is 16.3. The van der Waals surface area contributed by atoms with E-state index in [2.05, 4.69) is 17.2 Å². The molecular weight excluding hydrogens is 260 g/mol. The summed E-state index contributed by atoms with van der Waals surface area (Å²) in [5.41, 5.74) is -0.731. The normalized spacial score (nSPS) is 14.2. The van der Waals surface area contributed by atoms with E-state index in [9.17, 15) is 9.59 Å². The second-order valence-corrected chi connectivity index (χ2v) is 5.61. The zero-order valence-corrected chi connectivity index (χ0v) is 12.5. The van der Waals surface area contributed by atoms with Gasteiger partial charge in [0.2, 0.25) is 11.8 Å².